The van der Waals surface area contributed by atoms with Gasteiger partial charge in [0.15, 0.2) is 0 Å². The van der Waals surface area contributed by atoms with Crippen molar-refractivity contribution < 1.29 is 9.36 Å². The SMILES string of the molecule is CC(=O)/N=c1\n(N(C)C)cc(N(C)C)c[n+]1C. The minimum Gasteiger partial charge on any atom is -0.373 e. The number of hydrogen-bond acceptors (Lipinski definition) is 3. The maximum atomic E-state index is 11.1. The fraction of sp³-hybridized carbons (Fsp3) is 0.545. The van der Waals surface area contributed by atoms with Crippen molar-refractivity contribution in [3.05, 3.63) is 18.0 Å². The normalized spacial score (nSPS) is 11.5. The van der Waals surface area contributed by atoms with E-state index in [9.17, 15) is 4.79 Å². The smallest absolute Gasteiger partial charge is 0.373 e. The van der Waals surface area contributed by atoms with Crippen molar-refractivity contribution in [1.82, 2.24) is 4.68 Å². The standard InChI is InChI=1S/C11H20N5O/c1-9(17)12-11-15(6)7-10(13(2)3)8-16(11)14(4)5/h7-8H,1-6H3/q+1/b12-11-. The van der Waals surface area contributed by atoms with Crippen LogP contribution in [-0.4, -0.2) is 38.8 Å². The molecule has 0 fully saturated rings. The second-order valence-corrected chi connectivity index (χ2v) is 4.31. The summed E-state index contributed by atoms with van der Waals surface area (Å²) in [7, 11) is 9.61. The van der Waals surface area contributed by atoms with E-state index in [1.54, 1.807) is 0 Å². The summed E-state index contributed by atoms with van der Waals surface area (Å²) < 4.78 is 3.66. The number of carbonyl (C=O) groups excluding carboxylic acids is 1. The van der Waals surface area contributed by atoms with Crippen LogP contribution >= 0.6 is 0 Å². The number of carbonyl (C=O) groups is 1. The van der Waals surface area contributed by atoms with Crippen LogP contribution in [0, 0.1) is 0 Å². The third-order valence-corrected chi connectivity index (χ3v) is 2.31. The van der Waals surface area contributed by atoms with Crippen LogP contribution in [0.4, 0.5) is 5.69 Å². The molecule has 94 valence electrons. The Morgan fingerprint density at radius 2 is 1.94 bits per heavy atom. The Kier molecular flexibility index (Phi) is 3.88. The Bertz CT molecular complexity index is 487. The van der Waals surface area contributed by atoms with Crippen molar-refractivity contribution in [2.45, 2.75) is 6.92 Å². The van der Waals surface area contributed by atoms with Gasteiger partial charge in [-0.25, -0.2) is 4.57 Å². The number of aryl methyl sites for hydroxylation is 1. The molecule has 6 nitrogen and oxygen atoms in total. The molecule has 0 saturated carbocycles. The van der Waals surface area contributed by atoms with Crippen molar-refractivity contribution in [1.29, 1.82) is 0 Å². The predicted octanol–water partition coefficient (Wildman–Crippen LogP) is -0.977. The zero-order valence-electron chi connectivity index (χ0n) is 11.3. The van der Waals surface area contributed by atoms with Crippen LogP contribution in [0.15, 0.2) is 17.4 Å². The summed E-state index contributed by atoms with van der Waals surface area (Å²) >= 11 is 0. The van der Waals surface area contributed by atoms with Gasteiger partial charge < -0.3 is 4.90 Å². The molecular weight excluding hydrogens is 218 g/mol. The molecule has 1 aromatic heterocycles. The monoisotopic (exact) mass is 238 g/mol. The Morgan fingerprint density at radius 1 is 1.35 bits per heavy atom. The van der Waals surface area contributed by atoms with Gasteiger partial charge in [0.1, 0.15) is 11.9 Å². The first-order valence-electron chi connectivity index (χ1n) is 5.35. The summed E-state index contributed by atoms with van der Waals surface area (Å²) in [6, 6.07) is 0. The molecule has 0 aliphatic heterocycles. The maximum absolute atomic E-state index is 11.1. The van der Waals surface area contributed by atoms with Gasteiger partial charge in [-0.15, -0.1) is 4.68 Å². The molecule has 0 saturated heterocycles. The number of nitrogens with zero attached hydrogens (tertiary/aromatic N) is 5. The molecule has 1 heterocycles. The highest BCUT2D eigenvalue weighted by atomic mass is 16.1. The van der Waals surface area contributed by atoms with Gasteiger partial charge in [-0.05, 0) is 4.99 Å². The van der Waals surface area contributed by atoms with E-state index in [4.69, 9.17) is 0 Å². The zero-order valence-corrected chi connectivity index (χ0v) is 11.3. The lowest BCUT2D eigenvalue weighted by molar-refractivity contribution is -0.692. The molecule has 0 bridgehead atoms. The van der Waals surface area contributed by atoms with Crippen LogP contribution in [0.3, 0.4) is 0 Å². The molecule has 17 heavy (non-hydrogen) atoms. The summed E-state index contributed by atoms with van der Waals surface area (Å²) in [4.78, 5) is 17.1. The summed E-state index contributed by atoms with van der Waals surface area (Å²) in [5.41, 5.74) is 1.62. The van der Waals surface area contributed by atoms with Gasteiger partial charge in [-0.3, -0.25) is 9.80 Å². The average molecular weight is 238 g/mol. The first-order chi connectivity index (χ1) is 7.82. The van der Waals surface area contributed by atoms with Gasteiger partial charge in [-0.2, -0.15) is 0 Å². The van der Waals surface area contributed by atoms with Crippen LogP contribution in [0.25, 0.3) is 0 Å². The van der Waals surface area contributed by atoms with Gasteiger partial charge in [0.2, 0.25) is 0 Å². The van der Waals surface area contributed by atoms with Gasteiger partial charge >= 0.3 is 11.5 Å². The van der Waals surface area contributed by atoms with E-state index in [1.165, 1.54) is 6.92 Å². The maximum Gasteiger partial charge on any atom is 0.423 e. The largest absolute Gasteiger partial charge is 0.423 e. The van der Waals surface area contributed by atoms with E-state index in [2.05, 4.69) is 4.99 Å². The van der Waals surface area contributed by atoms with E-state index >= 15 is 0 Å². The summed E-state index contributed by atoms with van der Waals surface area (Å²) in [5, 5.41) is 1.87. The second-order valence-electron chi connectivity index (χ2n) is 4.31. The summed E-state index contributed by atoms with van der Waals surface area (Å²) in [5.74, 6) is -0.214. The third kappa shape index (κ3) is 3.05. The van der Waals surface area contributed by atoms with Crippen molar-refractivity contribution in [3.8, 4) is 0 Å². The molecule has 1 rings (SSSR count). The van der Waals surface area contributed by atoms with Crippen molar-refractivity contribution >= 4 is 11.6 Å². The highest BCUT2D eigenvalue weighted by Gasteiger charge is 2.12. The first kappa shape index (κ1) is 13.2. The number of hydrogen-bond donors (Lipinski definition) is 0. The molecule has 0 radical (unpaired) electrons. The number of anilines is 1. The molecule has 0 aromatic carbocycles. The lowest BCUT2D eigenvalue weighted by Crippen LogP contribution is -2.56. The molecule has 0 spiro atoms. The molecule has 6 heteroatoms. The van der Waals surface area contributed by atoms with E-state index in [-0.39, 0.29) is 5.91 Å². The number of amides is 1. The van der Waals surface area contributed by atoms with Gasteiger partial charge in [0.05, 0.1) is 13.2 Å². The average Bonchev–Trinajstić information content (AvgIpc) is 2.19. The van der Waals surface area contributed by atoms with Gasteiger partial charge in [0.25, 0.3) is 0 Å². The van der Waals surface area contributed by atoms with Crippen LogP contribution in [-0.2, 0) is 11.8 Å². The highest BCUT2D eigenvalue weighted by Crippen LogP contribution is 2.03. The lowest BCUT2D eigenvalue weighted by Gasteiger charge is -2.17. The van der Waals surface area contributed by atoms with Crippen LogP contribution in [0.1, 0.15) is 6.92 Å². The van der Waals surface area contributed by atoms with Crippen LogP contribution in [0.2, 0.25) is 0 Å². The van der Waals surface area contributed by atoms with Crippen molar-refractivity contribution in [3.63, 3.8) is 0 Å². The quantitative estimate of drug-likeness (QED) is 0.622. The minimum atomic E-state index is -0.214. The fourth-order valence-electron chi connectivity index (χ4n) is 1.43. The van der Waals surface area contributed by atoms with Gasteiger partial charge in [0, 0.05) is 35.1 Å². The molecular formula is C11H20N5O+. The fourth-order valence-corrected chi connectivity index (χ4v) is 1.43. The third-order valence-electron chi connectivity index (χ3n) is 2.31. The Hall–Kier alpha value is -1.85. The van der Waals surface area contributed by atoms with Crippen LogP contribution in [0.5, 0.6) is 0 Å². The van der Waals surface area contributed by atoms with E-state index in [0.717, 1.165) is 5.69 Å². The Labute approximate surface area is 101 Å². The zero-order chi connectivity index (χ0) is 13.2. The lowest BCUT2D eigenvalue weighted by atomic mass is 10.5. The molecule has 0 N–H and O–H groups in total. The molecule has 0 aliphatic rings. The topological polar surface area (TPSA) is 44.7 Å². The highest BCUT2D eigenvalue weighted by molar-refractivity contribution is 5.73. The second kappa shape index (κ2) is 4.99. The van der Waals surface area contributed by atoms with Crippen LogP contribution < -0.4 is 20.1 Å². The molecule has 1 amide bonds. The van der Waals surface area contributed by atoms with Crippen molar-refractivity contribution in [2.75, 3.05) is 38.1 Å². The molecule has 0 aliphatic carbocycles. The Balaban J connectivity index is 3.55. The van der Waals surface area contributed by atoms with E-state index < -0.39 is 0 Å². The summed E-state index contributed by atoms with van der Waals surface area (Å²) in [6.07, 6.45) is 3.86. The predicted molar refractivity (Wildman–Crippen MR) is 66.2 cm³/mol. The first-order valence-corrected chi connectivity index (χ1v) is 5.35. The summed E-state index contributed by atoms with van der Waals surface area (Å²) in [6.45, 7) is 1.44. The van der Waals surface area contributed by atoms with E-state index in [1.807, 2.05) is 66.8 Å². The number of aromatic nitrogens is 2. The number of rotatable bonds is 2. The van der Waals surface area contributed by atoms with E-state index in [0.29, 0.717) is 5.62 Å². The Morgan fingerprint density at radius 3 is 2.35 bits per heavy atom. The minimum absolute atomic E-state index is 0.214. The molecule has 1 aromatic rings. The van der Waals surface area contributed by atoms with Crippen molar-refractivity contribution in [2.24, 2.45) is 12.0 Å². The molecule has 0 unspecified atom stereocenters. The van der Waals surface area contributed by atoms with Gasteiger partial charge in [-0.1, -0.05) is 0 Å². The molecule has 0 atom stereocenters.